The number of aromatic amines is 2. The van der Waals surface area contributed by atoms with E-state index in [1.807, 2.05) is 13.0 Å². The van der Waals surface area contributed by atoms with Gasteiger partial charge in [0.1, 0.15) is 28.4 Å². The highest BCUT2D eigenvalue weighted by atomic mass is 35.5. The Labute approximate surface area is 317 Å². The molecule has 1 saturated heterocycles. The first-order valence-electron chi connectivity index (χ1n) is 16.9. The summed E-state index contributed by atoms with van der Waals surface area (Å²) >= 11 is 15.4. The Morgan fingerprint density at radius 3 is 2.70 bits per heavy atom. The fraction of sp³-hybridized carbons (Fsp3) is 0.243. The number of nitriles is 1. The molecule has 7 heterocycles. The molecule has 0 bridgehead atoms. The van der Waals surface area contributed by atoms with Gasteiger partial charge in [0.25, 0.3) is 0 Å². The van der Waals surface area contributed by atoms with Gasteiger partial charge < -0.3 is 24.7 Å². The maximum Gasteiger partial charge on any atom is 0.324 e. The molecule has 1 aliphatic rings. The molecular weight excluding hydrogens is 733 g/mol. The molecule has 3 N–H and O–H groups in total. The van der Waals surface area contributed by atoms with E-state index in [0.29, 0.717) is 85.4 Å². The van der Waals surface area contributed by atoms with E-state index >= 15 is 0 Å². The summed E-state index contributed by atoms with van der Waals surface area (Å²) in [4.78, 5) is 42.0. The predicted molar refractivity (Wildman–Crippen MR) is 205 cm³/mol. The van der Waals surface area contributed by atoms with Crippen molar-refractivity contribution in [1.82, 2.24) is 44.9 Å². The van der Waals surface area contributed by atoms with Gasteiger partial charge in [0.15, 0.2) is 10.8 Å². The molecule has 13 nitrogen and oxygen atoms in total. The highest BCUT2D eigenvalue weighted by Crippen LogP contribution is 2.44. The Balaban J connectivity index is 1.13. The molecule has 3 atom stereocenters. The predicted octanol–water partition coefficient (Wildman–Crippen LogP) is 7.74. The summed E-state index contributed by atoms with van der Waals surface area (Å²) in [6.45, 7) is 9.12. The zero-order valence-corrected chi connectivity index (χ0v) is 30.8. The zero-order valence-electron chi connectivity index (χ0n) is 28.5. The average molecular weight is 765 g/mol. The molecule has 1 fully saturated rings. The second-order valence-corrected chi connectivity index (χ2v) is 14.5. The van der Waals surface area contributed by atoms with Crippen LogP contribution in [0.5, 0.6) is 11.8 Å². The topological polar surface area (TPSA) is 178 Å². The highest BCUT2D eigenvalue weighted by Gasteiger charge is 2.40. The van der Waals surface area contributed by atoms with Crippen LogP contribution in [-0.4, -0.2) is 69.7 Å². The molecule has 0 radical (unpaired) electrons. The van der Waals surface area contributed by atoms with Gasteiger partial charge in [-0.05, 0) is 54.4 Å². The second-order valence-electron chi connectivity index (χ2n) is 12.7. The van der Waals surface area contributed by atoms with Gasteiger partial charge in [-0.2, -0.15) is 15.2 Å². The van der Waals surface area contributed by atoms with Gasteiger partial charge in [-0.25, -0.2) is 19.9 Å². The maximum atomic E-state index is 10.7. The van der Waals surface area contributed by atoms with Crippen LogP contribution >= 0.6 is 35.0 Å². The number of nitrogens with one attached hydrogen (secondary N) is 2. The third-order valence-corrected chi connectivity index (χ3v) is 11.2. The monoisotopic (exact) mass is 763 g/mol. The Morgan fingerprint density at radius 2 is 1.91 bits per heavy atom. The Morgan fingerprint density at radius 1 is 1.08 bits per heavy atom. The number of benzene rings is 1. The summed E-state index contributed by atoms with van der Waals surface area (Å²) in [7, 11) is 0. The molecular formula is C37H31Cl2N11O2S. The van der Waals surface area contributed by atoms with E-state index in [4.69, 9.17) is 37.9 Å². The number of aliphatic hydroxyl groups is 1. The second kappa shape index (κ2) is 14.2. The SMILES string of the molecule is C=Cc1nc(Oc2cccc(C#N)c2)nc2[nH]c(C(C)C3CN(c4nc(Sc5cnc6nccnc6c5)nc5[nH]c(CC)c(Cl)c45)CC3CO)c(Cl)c12. The van der Waals surface area contributed by atoms with Crippen molar-refractivity contribution in [3.05, 3.63) is 88.2 Å². The van der Waals surface area contributed by atoms with Crippen LogP contribution in [-0.2, 0) is 6.42 Å². The van der Waals surface area contributed by atoms with E-state index in [9.17, 15) is 10.4 Å². The number of aromatic nitrogens is 9. The van der Waals surface area contributed by atoms with Gasteiger partial charge in [0, 0.05) is 66.4 Å². The molecule has 6 aromatic heterocycles. The van der Waals surface area contributed by atoms with Crippen LogP contribution in [0.25, 0.3) is 39.3 Å². The standard InChI is InChI=1S/C37H31Cl2N11O2S/c1-4-24-27-30(39)31(46-33(27)47-36(45-24)52-21-8-6-7-19(11-21)13-40)18(3)23-16-50(15-20(23)17-51)35-28-29(38)25(5-2)44-34(28)48-37(49-35)53-22-12-26-32(43-14-22)42-10-9-41-26/h4,6-12,14,18,20,23,51H,1,5,15-17H2,2-3H3,(H,44,48,49)(H,45,46,47). The average Bonchev–Trinajstić information content (AvgIpc) is 3.86. The minimum absolute atomic E-state index is 0.0390. The highest BCUT2D eigenvalue weighted by molar-refractivity contribution is 7.99. The molecule has 53 heavy (non-hydrogen) atoms. The van der Waals surface area contributed by atoms with E-state index in [1.165, 1.54) is 11.8 Å². The lowest BCUT2D eigenvalue weighted by molar-refractivity contribution is 0.194. The van der Waals surface area contributed by atoms with E-state index in [-0.39, 0.29) is 30.4 Å². The number of H-pyrrole nitrogens is 2. The van der Waals surface area contributed by atoms with Crippen molar-refractivity contribution in [2.75, 3.05) is 24.6 Å². The molecule has 0 aliphatic carbocycles. The molecule has 8 rings (SSSR count). The molecule has 0 spiro atoms. The van der Waals surface area contributed by atoms with Gasteiger partial charge >= 0.3 is 6.01 Å². The van der Waals surface area contributed by atoms with E-state index in [0.717, 1.165) is 21.7 Å². The smallest absolute Gasteiger partial charge is 0.324 e. The largest absolute Gasteiger partial charge is 0.424 e. The molecule has 1 aliphatic heterocycles. The first kappa shape index (κ1) is 34.7. The van der Waals surface area contributed by atoms with Gasteiger partial charge in [-0.3, -0.25) is 4.98 Å². The Hall–Kier alpha value is -5.33. The number of fused-ring (bicyclic) bond motifs is 3. The van der Waals surface area contributed by atoms with Crippen LogP contribution in [0.3, 0.4) is 0 Å². The number of anilines is 1. The normalized spacial score (nSPS) is 16.4. The Bertz CT molecular complexity index is 2590. The zero-order chi connectivity index (χ0) is 36.8. The third kappa shape index (κ3) is 6.40. The summed E-state index contributed by atoms with van der Waals surface area (Å²) < 4.78 is 5.94. The molecule has 7 aromatic rings. The lowest BCUT2D eigenvalue weighted by Crippen LogP contribution is -2.23. The van der Waals surface area contributed by atoms with Crippen molar-refractivity contribution in [2.24, 2.45) is 11.8 Å². The number of nitrogens with zero attached hydrogens (tertiary/aromatic N) is 9. The fourth-order valence-corrected chi connectivity index (χ4v) is 8.47. The molecule has 3 unspecified atom stereocenters. The lowest BCUT2D eigenvalue weighted by Gasteiger charge is -2.23. The van der Waals surface area contributed by atoms with Crippen molar-refractivity contribution in [3.63, 3.8) is 0 Å². The molecule has 266 valence electrons. The van der Waals surface area contributed by atoms with Crippen LogP contribution < -0.4 is 9.64 Å². The maximum absolute atomic E-state index is 10.7. The van der Waals surface area contributed by atoms with E-state index in [1.54, 1.807) is 48.9 Å². The van der Waals surface area contributed by atoms with Crippen LogP contribution in [0.2, 0.25) is 10.0 Å². The number of rotatable bonds is 10. The summed E-state index contributed by atoms with van der Waals surface area (Å²) in [6, 6.07) is 10.9. The summed E-state index contributed by atoms with van der Waals surface area (Å²) in [5, 5.41) is 23.0. The number of hydrogen-bond donors (Lipinski definition) is 3. The van der Waals surface area contributed by atoms with Crippen molar-refractivity contribution in [2.45, 2.75) is 36.2 Å². The summed E-state index contributed by atoms with van der Waals surface area (Å²) in [5.74, 6) is 0.820. The van der Waals surface area contributed by atoms with Crippen LogP contribution in [0.1, 0.15) is 42.4 Å². The van der Waals surface area contributed by atoms with Gasteiger partial charge in [-0.15, -0.1) is 0 Å². The number of pyridine rings is 1. The summed E-state index contributed by atoms with van der Waals surface area (Å²) in [6.07, 6.45) is 7.27. The number of aryl methyl sites for hydroxylation is 1. The van der Waals surface area contributed by atoms with Gasteiger partial charge in [0.05, 0.1) is 38.1 Å². The minimum Gasteiger partial charge on any atom is -0.424 e. The first-order valence-corrected chi connectivity index (χ1v) is 18.4. The van der Waals surface area contributed by atoms with E-state index < -0.39 is 0 Å². The van der Waals surface area contributed by atoms with Crippen LogP contribution in [0.4, 0.5) is 5.82 Å². The van der Waals surface area contributed by atoms with Crippen molar-refractivity contribution in [3.8, 4) is 17.8 Å². The Kier molecular flexibility index (Phi) is 9.34. The first-order chi connectivity index (χ1) is 25.8. The number of hydrogen-bond acceptors (Lipinski definition) is 12. The van der Waals surface area contributed by atoms with Crippen LogP contribution in [0.15, 0.2) is 65.6 Å². The van der Waals surface area contributed by atoms with Crippen LogP contribution in [0, 0.1) is 23.2 Å². The molecule has 0 amide bonds. The lowest BCUT2D eigenvalue weighted by atomic mass is 9.83. The molecule has 0 saturated carbocycles. The quantitative estimate of drug-likeness (QED) is 0.116. The van der Waals surface area contributed by atoms with E-state index in [2.05, 4.69) is 59.4 Å². The number of ether oxygens (including phenoxy) is 1. The number of aliphatic hydroxyl groups excluding tert-OH is 1. The summed E-state index contributed by atoms with van der Waals surface area (Å²) in [5.41, 5.74) is 4.95. The van der Waals surface area contributed by atoms with Crippen molar-refractivity contribution in [1.29, 1.82) is 5.26 Å². The number of halogens is 2. The van der Waals surface area contributed by atoms with Gasteiger partial charge in [0.2, 0.25) is 0 Å². The molecule has 16 heteroatoms. The van der Waals surface area contributed by atoms with Crippen molar-refractivity contribution < 1.29 is 9.84 Å². The van der Waals surface area contributed by atoms with Crippen molar-refractivity contribution >= 4 is 80.1 Å². The third-order valence-electron chi connectivity index (χ3n) is 9.60. The fourth-order valence-electron chi connectivity index (χ4n) is 6.95. The molecule has 1 aromatic carbocycles. The van der Waals surface area contributed by atoms with Gasteiger partial charge in [-0.1, -0.05) is 49.7 Å². The minimum atomic E-state index is -0.142.